The number of halogens is 1. The summed E-state index contributed by atoms with van der Waals surface area (Å²) in [6, 6.07) is 16.2. The van der Waals surface area contributed by atoms with E-state index in [4.69, 9.17) is 4.74 Å². The van der Waals surface area contributed by atoms with Crippen LogP contribution in [0.2, 0.25) is 0 Å². The summed E-state index contributed by atoms with van der Waals surface area (Å²) >= 11 is 2.29. The predicted molar refractivity (Wildman–Crippen MR) is 95.6 cm³/mol. The summed E-state index contributed by atoms with van der Waals surface area (Å²) in [5.41, 5.74) is 3.19. The van der Waals surface area contributed by atoms with E-state index in [2.05, 4.69) is 40.1 Å². The summed E-state index contributed by atoms with van der Waals surface area (Å²) in [5, 5.41) is 2.87. The highest BCUT2D eigenvalue weighted by molar-refractivity contribution is 14.1. The Morgan fingerprint density at radius 3 is 2.73 bits per heavy atom. The first kappa shape index (κ1) is 15.1. The number of carbonyl (C=O) groups excluding carboxylic acids is 1. The summed E-state index contributed by atoms with van der Waals surface area (Å²) in [5.74, 6) is 0.835. The Balaban J connectivity index is 1.99. The lowest BCUT2D eigenvalue weighted by Crippen LogP contribution is -2.27. The molecule has 0 spiro atoms. The maximum atomic E-state index is 11.2. The zero-order chi connectivity index (χ0) is 15.5. The summed E-state index contributed by atoms with van der Waals surface area (Å²) in [4.78, 5) is 11.2. The second-order valence-corrected chi connectivity index (χ2v) is 6.47. The molecule has 3 rings (SSSR count). The van der Waals surface area contributed by atoms with E-state index in [-0.39, 0.29) is 12.0 Å². The van der Waals surface area contributed by atoms with E-state index in [1.165, 1.54) is 6.92 Å². The van der Waals surface area contributed by atoms with Crippen molar-refractivity contribution in [2.45, 2.75) is 13.0 Å². The van der Waals surface area contributed by atoms with Gasteiger partial charge in [0.1, 0.15) is 11.9 Å². The van der Waals surface area contributed by atoms with Gasteiger partial charge in [0.2, 0.25) is 5.91 Å². The number of amides is 1. The monoisotopic (exact) mass is 405 g/mol. The van der Waals surface area contributed by atoms with E-state index in [1.807, 2.05) is 42.5 Å². The molecule has 1 unspecified atom stereocenters. The summed E-state index contributed by atoms with van der Waals surface area (Å²) < 4.78 is 7.36. The summed E-state index contributed by atoms with van der Waals surface area (Å²) in [6.07, 6.45) is 1.95. The molecule has 4 heteroatoms. The number of rotatable bonds is 3. The normalized spacial score (nSPS) is 16.3. The zero-order valence-electron chi connectivity index (χ0n) is 12.2. The lowest BCUT2D eigenvalue weighted by molar-refractivity contribution is -0.118. The van der Waals surface area contributed by atoms with E-state index in [9.17, 15) is 4.79 Å². The van der Waals surface area contributed by atoms with Crippen molar-refractivity contribution < 1.29 is 9.53 Å². The summed E-state index contributed by atoms with van der Waals surface area (Å²) in [7, 11) is 0. The van der Waals surface area contributed by atoms with Gasteiger partial charge in [-0.2, -0.15) is 0 Å². The topological polar surface area (TPSA) is 38.3 Å². The molecule has 2 aromatic rings. The Morgan fingerprint density at radius 1 is 1.23 bits per heavy atom. The Bertz CT molecular complexity index is 725. The average Bonchev–Trinajstić information content (AvgIpc) is 2.52. The molecule has 1 N–H and O–H groups in total. The standard InChI is InChI=1S/C18H16INO2/c1-12(21)20-11-15-9-14-10-16(19)7-8-17(14)22-18(15)13-5-3-2-4-6-13/h2-10,18H,11H2,1H3,(H,20,21). The number of benzene rings is 2. The molecule has 0 aliphatic carbocycles. The van der Waals surface area contributed by atoms with Crippen molar-refractivity contribution in [1.82, 2.24) is 5.32 Å². The molecule has 3 nitrogen and oxygen atoms in total. The van der Waals surface area contributed by atoms with Crippen LogP contribution in [0.5, 0.6) is 5.75 Å². The van der Waals surface area contributed by atoms with Crippen LogP contribution in [-0.4, -0.2) is 12.5 Å². The van der Waals surface area contributed by atoms with Gasteiger partial charge in [-0.3, -0.25) is 4.79 Å². The van der Waals surface area contributed by atoms with Crippen molar-refractivity contribution in [2.24, 2.45) is 0 Å². The third kappa shape index (κ3) is 3.32. The van der Waals surface area contributed by atoms with Gasteiger partial charge < -0.3 is 10.1 Å². The van der Waals surface area contributed by atoms with Gasteiger partial charge in [0, 0.05) is 22.6 Å². The highest BCUT2D eigenvalue weighted by Crippen LogP contribution is 2.37. The minimum atomic E-state index is -0.166. The van der Waals surface area contributed by atoms with Gasteiger partial charge in [0.25, 0.3) is 0 Å². The fraction of sp³-hybridized carbons (Fsp3) is 0.167. The van der Waals surface area contributed by atoms with Gasteiger partial charge in [-0.25, -0.2) is 0 Å². The van der Waals surface area contributed by atoms with Crippen molar-refractivity contribution in [1.29, 1.82) is 0 Å². The molecule has 1 aliphatic heterocycles. The van der Waals surface area contributed by atoms with Gasteiger partial charge >= 0.3 is 0 Å². The molecule has 0 radical (unpaired) electrons. The molecule has 0 aromatic heterocycles. The molecular formula is C18H16INO2. The van der Waals surface area contributed by atoms with Crippen LogP contribution in [0.15, 0.2) is 54.1 Å². The smallest absolute Gasteiger partial charge is 0.217 e. The zero-order valence-corrected chi connectivity index (χ0v) is 14.3. The van der Waals surface area contributed by atoms with Crippen LogP contribution in [0.4, 0.5) is 0 Å². The predicted octanol–water partition coefficient (Wildman–Crippen LogP) is 3.94. The van der Waals surface area contributed by atoms with Crippen LogP contribution in [0.25, 0.3) is 6.08 Å². The molecule has 0 saturated heterocycles. The molecule has 1 heterocycles. The molecule has 112 valence electrons. The largest absolute Gasteiger partial charge is 0.481 e. The second kappa shape index (κ2) is 6.52. The van der Waals surface area contributed by atoms with Crippen molar-refractivity contribution in [3.05, 3.63) is 68.8 Å². The van der Waals surface area contributed by atoms with Crippen LogP contribution in [-0.2, 0) is 4.79 Å². The average molecular weight is 405 g/mol. The SMILES string of the molecule is CC(=O)NCC1=Cc2cc(I)ccc2OC1c1ccccc1. The van der Waals surface area contributed by atoms with Crippen LogP contribution in [0, 0.1) is 3.57 Å². The van der Waals surface area contributed by atoms with Crippen molar-refractivity contribution >= 4 is 34.6 Å². The van der Waals surface area contributed by atoms with Gasteiger partial charge in [-0.1, -0.05) is 30.3 Å². The fourth-order valence-electron chi connectivity index (χ4n) is 2.50. The third-order valence-corrected chi connectivity index (χ3v) is 4.21. The van der Waals surface area contributed by atoms with Crippen molar-refractivity contribution in [3.8, 4) is 5.75 Å². The van der Waals surface area contributed by atoms with E-state index in [0.29, 0.717) is 6.54 Å². The maximum absolute atomic E-state index is 11.2. The highest BCUT2D eigenvalue weighted by Gasteiger charge is 2.24. The molecule has 0 bridgehead atoms. The number of hydrogen-bond donors (Lipinski definition) is 1. The first-order valence-corrected chi connectivity index (χ1v) is 8.17. The van der Waals surface area contributed by atoms with Crippen molar-refractivity contribution in [3.63, 3.8) is 0 Å². The van der Waals surface area contributed by atoms with Crippen LogP contribution >= 0.6 is 22.6 Å². The lowest BCUT2D eigenvalue weighted by atomic mass is 9.96. The Kier molecular flexibility index (Phi) is 4.47. The highest BCUT2D eigenvalue weighted by atomic mass is 127. The molecule has 0 saturated carbocycles. The van der Waals surface area contributed by atoms with Crippen LogP contribution in [0.1, 0.15) is 24.2 Å². The Hall–Kier alpha value is -1.82. The first-order chi connectivity index (χ1) is 10.6. The number of nitrogens with one attached hydrogen (secondary N) is 1. The molecule has 1 atom stereocenters. The van der Waals surface area contributed by atoms with E-state index >= 15 is 0 Å². The maximum Gasteiger partial charge on any atom is 0.217 e. The van der Waals surface area contributed by atoms with Gasteiger partial charge in [-0.15, -0.1) is 0 Å². The molecule has 0 fully saturated rings. The fourth-order valence-corrected chi connectivity index (χ4v) is 3.01. The number of fused-ring (bicyclic) bond motifs is 1. The first-order valence-electron chi connectivity index (χ1n) is 7.09. The van der Waals surface area contributed by atoms with E-state index in [0.717, 1.165) is 26.0 Å². The Labute approximate surface area is 143 Å². The van der Waals surface area contributed by atoms with Crippen LogP contribution < -0.4 is 10.1 Å². The van der Waals surface area contributed by atoms with Gasteiger partial charge in [-0.05, 0) is 58.0 Å². The number of ether oxygens (including phenoxy) is 1. The number of hydrogen-bond acceptors (Lipinski definition) is 2. The minimum absolute atomic E-state index is 0.0406. The Morgan fingerprint density at radius 2 is 2.00 bits per heavy atom. The third-order valence-electron chi connectivity index (χ3n) is 3.54. The van der Waals surface area contributed by atoms with E-state index in [1.54, 1.807) is 0 Å². The second-order valence-electron chi connectivity index (χ2n) is 5.22. The molecule has 22 heavy (non-hydrogen) atoms. The number of carbonyl (C=O) groups is 1. The van der Waals surface area contributed by atoms with Gasteiger partial charge in [0.15, 0.2) is 0 Å². The quantitative estimate of drug-likeness (QED) is 0.786. The van der Waals surface area contributed by atoms with Crippen molar-refractivity contribution in [2.75, 3.05) is 6.54 Å². The lowest BCUT2D eigenvalue weighted by Gasteiger charge is -2.28. The molecule has 1 amide bonds. The van der Waals surface area contributed by atoms with Crippen LogP contribution in [0.3, 0.4) is 0 Å². The molecule has 1 aliphatic rings. The summed E-state index contributed by atoms with van der Waals surface area (Å²) in [6.45, 7) is 2.01. The van der Waals surface area contributed by atoms with Gasteiger partial charge in [0.05, 0.1) is 0 Å². The minimum Gasteiger partial charge on any atom is -0.481 e. The molecular weight excluding hydrogens is 389 g/mol. The molecule has 2 aromatic carbocycles. The van der Waals surface area contributed by atoms with E-state index < -0.39 is 0 Å².